The van der Waals surface area contributed by atoms with Crippen molar-refractivity contribution in [2.75, 3.05) is 26.2 Å². The SMILES string of the molecule is CC1(C)[C@@]2(C(=O)N3CCN(C(=O)[C@@]45CC[C@@](C)(C(=O)O4)C5(C)C)CC3)CC[C@]1(C)C(=O)O2. The molecule has 0 N–H and O–H groups in total. The zero-order chi connectivity index (χ0) is 23.5. The van der Waals surface area contributed by atoms with Crippen LogP contribution in [0.3, 0.4) is 0 Å². The summed E-state index contributed by atoms with van der Waals surface area (Å²) in [5.41, 5.74) is -4.72. The van der Waals surface area contributed by atoms with Crippen molar-refractivity contribution in [3.05, 3.63) is 0 Å². The molecule has 2 saturated carbocycles. The van der Waals surface area contributed by atoms with Crippen LogP contribution in [0.25, 0.3) is 0 Å². The fraction of sp³-hybridized carbons (Fsp3) is 0.833. The van der Waals surface area contributed by atoms with E-state index in [0.29, 0.717) is 51.9 Å². The molecule has 3 saturated heterocycles. The van der Waals surface area contributed by atoms with Gasteiger partial charge in [-0.25, -0.2) is 0 Å². The summed E-state index contributed by atoms with van der Waals surface area (Å²) in [6, 6.07) is 0. The number of nitrogens with zero attached hydrogens (tertiary/aromatic N) is 2. The van der Waals surface area contributed by atoms with Crippen LogP contribution in [0.15, 0.2) is 0 Å². The van der Waals surface area contributed by atoms with Crippen LogP contribution in [0.2, 0.25) is 0 Å². The third kappa shape index (κ3) is 2.02. The summed E-state index contributed by atoms with van der Waals surface area (Å²) < 4.78 is 11.5. The lowest BCUT2D eigenvalue weighted by Crippen LogP contribution is -2.62. The van der Waals surface area contributed by atoms with Crippen molar-refractivity contribution in [2.24, 2.45) is 21.7 Å². The lowest BCUT2D eigenvalue weighted by molar-refractivity contribution is -0.179. The van der Waals surface area contributed by atoms with Gasteiger partial charge in [0.1, 0.15) is 0 Å². The Hall–Kier alpha value is -2.12. The van der Waals surface area contributed by atoms with Crippen molar-refractivity contribution < 1.29 is 28.7 Å². The fourth-order valence-electron chi connectivity index (χ4n) is 7.07. The largest absolute Gasteiger partial charge is 0.448 e. The van der Waals surface area contributed by atoms with Gasteiger partial charge >= 0.3 is 11.9 Å². The molecule has 5 rings (SSSR count). The average Bonchev–Trinajstić information content (AvgIpc) is 3.21. The molecule has 3 aliphatic heterocycles. The van der Waals surface area contributed by atoms with Crippen LogP contribution in [-0.4, -0.2) is 70.9 Å². The number of fused-ring (bicyclic) bond motifs is 4. The van der Waals surface area contributed by atoms with E-state index >= 15 is 0 Å². The first kappa shape index (κ1) is 21.7. The number of ether oxygens (including phenoxy) is 2. The molecule has 4 atom stereocenters. The second-order valence-electron chi connectivity index (χ2n) is 11.9. The number of hydrogen-bond donors (Lipinski definition) is 0. The molecule has 5 aliphatic rings. The summed E-state index contributed by atoms with van der Waals surface area (Å²) in [7, 11) is 0. The second kappa shape index (κ2) is 5.86. The van der Waals surface area contributed by atoms with Gasteiger partial charge in [-0.15, -0.1) is 0 Å². The van der Waals surface area contributed by atoms with Gasteiger partial charge in [-0.05, 0) is 39.5 Å². The average molecular weight is 447 g/mol. The van der Waals surface area contributed by atoms with Gasteiger partial charge in [-0.2, -0.15) is 0 Å². The minimum atomic E-state index is -1.13. The third-order valence-corrected chi connectivity index (χ3v) is 10.7. The lowest BCUT2D eigenvalue weighted by atomic mass is 9.66. The van der Waals surface area contributed by atoms with E-state index in [0.717, 1.165) is 0 Å². The molecule has 3 heterocycles. The van der Waals surface area contributed by atoms with E-state index in [1.165, 1.54) is 0 Å². The van der Waals surface area contributed by atoms with Crippen molar-refractivity contribution in [2.45, 2.75) is 78.4 Å². The molecule has 0 spiro atoms. The van der Waals surface area contributed by atoms with Crippen LogP contribution < -0.4 is 0 Å². The van der Waals surface area contributed by atoms with Crippen LogP contribution in [0, 0.1) is 21.7 Å². The summed E-state index contributed by atoms with van der Waals surface area (Å²) >= 11 is 0. The zero-order valence-corrected chi connectivity index (χ0v) is 20.0. The zero-order valence-electron chi connectivity index (χ0n) is 20.0. The van der Waals surface area contributed by atoms with Gasteiger partial charge < -0.3 is 19.3 Å². The van der Waals surface area contributed by atoms with E-state index < -0.39 is 32.9 Å². The number of esters is 2. The van der Waals surface area contributed by atoms with E-state index in [9.17, 15) is 19.2 Å². The molecule has 0 radical (unpaired) electrons. The van der Waals surface area contributed by atoms with Crippen LogP contribution >= 0.6 is 0 Å². The van der Waals surface area contributed by atoms with Crippen LogP contribution in [0.4, 0.5) is 0 Å². The highest BCUT2D eigenvalue weighted by atomic mass is 16.6. The van der Waals surface area contributed by atoms with E-state index in [1.807, 2.05) is 41.5 Å². The monoisotopic (exact) mass is 446 g/mol. The molecule has 2 amide bonds. The van der Waals surface area contributed by atoms with Crippen molar-refractivity contribution in [1.29, 1.82) is 0 Å². The van der Waals surface area contributed by atoms with Gasteiger partial charge in [0.25, 0.3) is 11.8 Å². The molecule has 4 bridgehead atoms. The van der Waals surface area contributed by atoms with Crippen molar-refractivity contribution in [3.8, 4) is 0 Å². The number of carbonyl (C=O) groups is 4. The Kier molecular flexibility index (Phi) is 3.98. The summed E-state index contributed by atoms with van der Waals surface area (Å²) in [4.78, 5) is 55.8. The third-order valence-electron chi connectivity index (χ3n) is 10.7. The fourth-order valence-corrected chi connectivity index (χ4v) is 7.07. The van der Waals surface area contributed by atoms with Crippen LogP contribution in [0.5, 0.6) is 0 Å². The topological polar surface area (TPSA) is 93.2 Å². The van der Waals surface area contributed by atoms with Gasteiger partial charge in [-0.3, -0.25) is 19.2 Å². The normalized spacial score (nSPS) is 43.4. The summed E-state index contributed by atoms with van der Waals surface area (Å²) in [5, 5.41) is 0. The Labute approximate surface area is 188 Å². The summed E-state index contributed by atoms with van der Waals surface area (Å²) in [6.07, 6.45) is 2.35. The highest BCUT2D eigenvalue weighted by molar-refractivity contribution is 5.97. The summed E-state index contributed by atoms with van der Waals surface area (Å²) in [5.74, 6) is -0.874. The predicted molar refractivity (Wildman–Crippen MR) is 113 cm³/mol. The minimum Gasteiger partial charge on any atom is -0.448 e. The summed E-state index contributed by atoms with van der Waals surface area (Å²) in [6.45, 7) is 13.1. The van der Waals surface area contributed by atoms with E-state index in [2.05, 4.69) is 0 Å². The van der Waals surface area contributed by atoms with Gasteiger partial charge in [0.2, 0.25) is 0 Å². The Balaban J connectivity index is 1.32. The molecule has 8 nitrogen and oxygen atoms in total. The molecule has 0 aromatic rings. The maximum absolute atomic E-state index is 13.6. The number of piperazine rings is 1. The number of carbonyl (C=O) groups excluding carboxylic acids is 4. The van der Waals surface area contributed by atoms with Crippen LogP contribution in [0.1, 0.15) is 67.2 Å². The lowest BCUT2D eigenvalue weighted by Gasteiger charge is -2.44. The maximum atomic E-state index is 13.6. The molecule has 5 fully saturated rings. The van der Waals surface area contributed by atoms with E-state index in [-0.39, 0.29) is 23.8 Å². The smallest absolute Gasteiger partial charge is 0.313 e. The minimum absolute atomic E-state index is 0.150. The van der Waals surface area contributed by atoms with Crippen molar-refractivity contribution in [1.82, 2.24) is 9.80 Å². The molecule has 8 heteroatoms. The Morgan fingerprint density at radius 1 is 0.625 bits per heavy atom. The highest BCUT2D eigenvalue weighted by Crippen LogP contribution is 2.67. The molecule has 32 heavy (non-hydrogen) atoms. The maximum Gasteiger partial charge on any atom is 0.313 e. The van der Waals surface area contributed by atoms with E-state index in [4.69, 9.17) is 9.47 Å². The number of hydrogen-bond acceptors (Lipinski definition) is 6. The highest BCUT2D eigenvalue weighted by Gasteiger charge is 2.77. The first-order valence-corrected chi connectivity index (χ1v) is 11.8. The van der Waals surface area contributed by atoms with Crippen molar-refractivity contribution in [3.63, 3.8) is 0 Å². The molecule has 0 aromatic carbocycles. The van der Waals surface area contributed by atoms with Gasteiger partial charge in [0.15, 0.2) is 11.2 Å². The Morgan fingerprint density at radius 3 is 1.16 bits per heavy atom. The second-order valence-corrected chi connectivity index (χ2v) is 11.9. The standard InChI is InChI=1S/C24H34N2O6/c1-19(2)21(5)7-9-23(19,31-17(21)29)15(27)25-11-13-26(14-12-25)16(28)24-10-8-22(6,18(30)32-24)20(24,3)4/h7-14H2,1-6H3/t21-,22+,23+,24-. The van der Waals surface area contributed by atoms with Gasteiger partial charge in [0, 0.05) is 37.0 Å². The molecular formula is C24H34N2O6. The first-order chi connectivity index (χ1) is 14.7. The Bertz CT molecular complexity index is 874. The van der Waals surface area contributed by atoms with Gasteiger partial charge in [-0.1, -0.05) is 27.7 Å². The first-order valence-electron chi connectivity index (χ1n) is 11.8. The van der Waals surface area contributed by atoms with E-state index in [1.54, 1.807) is 9.80 Å². The quantitative estimate of drug-likeness (QED) is 0.602. The molecular weight excluding hydrogens is 412 g/mol. The molecule has 176 valence electrons. The van der Waals surface area contributed by atoms with Crippen LogP contribution in [-0.2, 0) is 28.7 Å². The molecule has 0 aromatic heterocycles. The van der Waals surface area contributed by atoms with Gasteiger partial charge in [0.05, 0.1) is 10.8 Å². The predicted octanol–water partition coefficient (Wildman–Crippen LogP) is 1.90. The number of rotatable bonds is 2. The molecule has 0 unspecified atom stereocenters. The molecule has 2 aliphatic carbocycles. The number of amides is 2. The van der Waals surface area contributed by atoms with Crippen molar-refractivity contribution >= 4 is 23.8 Å². The Morgan fingerprint density at radius 2 is 0.938 bits per heavy atom.